The number of thioether (sulfide) groups is 1. The lowest BCUT2D eigenvalue weighted by Crippen LogP contribution is -2.60. The topological polar surface area (TPSA) is 58.4 Å². The van der Waals surface area contributed by atoms with E-state index in [4.69, 9.17) is 5.73 Å². The van der Waals surface area contributed by atoms with Gasteiger partial charge in [-0.1, -0.05) is 33.1 Å². The van der Waals surface area contributed by atoms with Crippen LogP contribution < -0.4 is 11.1 Å². The number of hydrogen-bond donors (Lipinski definition) is 2. The highest BCUT2D eigenvalue weighted by atomic mass is 32.2. The molecule has 4 nitrogen and oxygen atoms in total. The van der Waals surface area contributed by atoms with Crippen molar-refractivity contribution in [1.82, 2.24) is 10.2 Å². The molecule has 21 heavy (non-hydrogen) atoms. The van der Waals surface area contributed by atoms with Crippen LogP contribution in [0.25, 0.3) is 0 Å². The van der Waals surface area contributed by atoms with Crippen molar-refractivity contribution in [2.75, 3.05) is 31.1 Å². The molecule has 2 rings (SSSR count). The first kappa shape index (κ1) is 17.1. The Kier molecular flexibility index (Phi) is 6.38. The molecule has 0 aromatic rings. The summed E-state index contributed by atoms with van der Waals surface area (Å²) in [5.74, 6) is 2.66. The van der Waals surface area contributed by atoms with Crippen LogP contribution in [0.2, 0.25) is 0 Å². The monoisotopic (exact) mass is 313 g/mol. The Labute approximate surface area is 133 Å². The normalized spacial score (nSPS) is 24.8. The minimum Gasteiger partial charge on any atom is -0.353 e. The molecule has 122 valence electrons. The van der Waals surface area contributed by atoms with Crippen molar-refractivity contribution in [3.63, 3.8) is 0 Å². The standard InChI is InChI=1S/C16H31N3OS/c1-13(2)14(17)15(20)18-12-16(6-4-3-5-7-16)19-8-10-21-11-9-19/h13-14H,3-12,17H2,1-2H3,(H,18,20)/t14-/m0/s1. The van der Waals surface area contributed by atoms with Gasteiger partial charge in [-0.2, -0.15) is 11.8 Å². The van der Waals surface area contributed by atoms with E-state index in [-0.39, 0.29) is 23.4 Å². The molecule has 0 aromatic heterocycles. The van der Waals surface area contributed by atoms with E-state index in [0.29, 0.717) is 0 Å². The van der Waals surface area contributed by atoms with Crippen LogP contribution in [0.4, 0.5) is 0 Å². The molecule has 3 N–H and O–H groups in total. The van der Waals surface area contributed by atoms with Crippen LogP contribution in [0.1, 0.15) is 46.0 Å². The van der Waals surface area contributed by atoms with Crippen LogP contribution in [0.3, 0.4) is 0 Å². The number of nitrogens with zero attached hydrogens (tertiary/aromatic N) is 1. The van der Waals surface area contributed by atoms with Crippen molar-refractivity contribution in [3.8, 4) is 0 Å². The first-order valence-electron chi connectivity index (χ1n) is 8.41. The zero-order chi connectivity index (χ0) is 15.3. The van der Waals surface area contributed by atoms with Crippen molar-refractivity contribution in [1.29, 1.82) is 0 Å². The van der Waals surface area contributed by atoms with Gasteiger partial charge < -0.3 is 11.1 Å². The molecule has 0 radical (unpaired) electrons. The third-order valence-electron chi connectivity index (χ3n) is 5.08. The average Bonchev–Trinajstić information content (AvgIpc) is 2.53. The van der Waals surface area contributed by atoms with E-state index in [1.807, 2.05) is 25.6 Å². The Morgan fingerprint density at radius 2 is 1.86 bits per heavy atom. The van der Waals surface area contributed by atoms with E-state index >= 15 is 0 Å². The van der Waals surface area contributed by atoms with Gasteiger partial charge >= 0.3 is 0 Å². The second kappa shape index (κ2) is 7.84. The van der Waals surface area contributed by atoms with E-state index in [2.05, 4.69) is 10.2 Å². The first-order chi connectivity index (χ1) is 10.1. The van der Waals surface area contributed by atoms with Gasteiger partial charge in [0.05, 0.1) is 6.04 Å². The van der Waals surface area contributed by atoms with Gasteiger partial charge in [-0.15, -0.1) is 0 Å². The van der Waals surface area contributed by atoms with Crippen molar-refractivity contribution < 1.29 is 4.79 Å². The predicted molar refractivity (Wildman–Crippen MR) is 90.5 cm³/mol. The summed E-state index contributed by atoms with van der Waals surface area (Å²) in [6.45, 7) is 7.11. The smallest absolute Gasteiger partial charge is 0.237 e. The quantitative estimate of drug-likeness (QED) is 0.813. The van der Waals surface area contributed by atoms with Crippen molar-refractivity contribution in [3.05, 3.63) is 0 Å². The summed E-state index contributed by atoms with van der Waals surface area (Å²) >= 11 is 2.05. The maximum absolute atomic E-state index is 12.2. The summed E-state index contributed by atoms with van der Waals surface area (Å²) in [4.78, 5) is 14.8. The molecular weight excluding hydrogens is 282 g/mol. The molecular formula is C16H31N3OS. The summed E-state index contributed by atoms with van der Waals surface area (Å²) in [7, 11) is 0. The number of carbonyl (C=O) groups excluding carboxylic acids is 1. The van der Waals surface area contributed by atoms with E-state index in [1.165, 1.54) is 43.6 Å². The third kappa shape index (κ3) is 4.36. The molecule has 0 aromatic carbocycles. The molecule has 1 amide bonds. The van der Waals surface area contributed by atoms with Gasteiger partial charge in [0, 0.05) is 36.7 Å². The van der Waals surface area contributed by atoms with Gasteiger partial charge in [-0.25, -0.2) is 0 Å². The zero-order valence-electron chi connectivity index (χ0n) is 13.6. The second-order valence-corrected chi connectivity index (χ2v) is 8.10. The highest BCUT2D eigenvalue weighted by Crippen LogP contribution is 2.34. The van der Waals surface area contributed by atoms with Gasteiger partial charge in [0.2, 0.25) is 5.91 Å². The lowest BCUT2D eigenvalue weighted by Gasteiger charge is -2.48. The number of amides is 1. The average molecular weight is 314 g/mol. The molecule has 1 heterocycles. The molecule has 2 aliphatic rings. The fourth-order valence-electron chi connectivity index (χ4n) is 3.52. The van der Waals surface area contributed by atoms with E-state index in [0.717, 1.165) is 19.6 Å². The van der Waals surface area contributed by atoms with Crippen LogP contribution in [0, 0.1) is 5.92 Å². The number of nitrogens with two attached hydrogens (primary N) is 1. The van der Waals surface area contributed by atoms with Gasteiger partial charge in [0.1, 0.15) is 0 Å². The van der Waals surface area contributed by atoms with Crippen LogP contribution >= 0.6 is 11.8 Å². The number of carbonyl (C=O) groups is 1. The Bertz CT molecular complexity index is 336. The SMILES string of the molecule is CC(C)[C@H](N)C(=O)NCC1(N2CCSCC2)CCCCC1. The molecule has 1 saturated carbocycles. The number of hydrogen-bond acceptors (Lipinski definition) is 4. The largest absolute Gasteiger partial charge is 0.353 e. The number of nitrogens with one attached hydrogen (secondary N) is 1. The van der Waals surface area contributed by atoms with Crippen LogP contribution in [0.15, 0.2) is 0 Å². The van der Waals surface area contributed by atoms with Gasteiger partial charge in [0.15, 0.2) is 0 Å². The minimum atomic E-state index is -0.387. The van der Waals surface area contributed by atoms with Crippen LogP contribution in [0.5, 0.6) is 0 Å². The molecule has 1 atom stereocenters. The van der Waals surface area contributed by atoms with E-state index < -0.39 is 0 Å². The Hall–Kier alpha value is -0.260. The maximum Gasteiger partial charge on any atom is 0.237 e. The summed E-state index contributed by atoms with van der Waals surface area (Å²) in [5, 5.41) is 3.16. The molecule has 2 fully saturated rings. The van der Waals surface area contributed by atoms with E-state index in [9.17, 15) is 4.79 Å². The molecule has 0 bridgehead atoms. The predicted octanol–water partition coefficient (Wildman–Crippen LogP) is 1.84. The van der Waals surface area contributed by atoms with Crippen molar-refractivity contribution >= 4 is 17.7 Å². The Morgan fingerprint density at radius 1 is 1.24 bits per heavy atom. The molecule has 0 unspecified atom stereocenters. The van der Waals surface area contributed by atoms with Gasteiger partial charge in [-0.3, -0.25) is 9.69 Å². The fraction of sp³-hybridized carbons (Fsp3) is 0.938. The Balaban J connectivity index is 1.97. The van der Waals surface area contributed by atoms with Crippen LogP contribution in [-0.4, -0.2) is 53.5 Å². The highest BCUT2D eigenvalue weighted by molar-refractivity contribution is 7.99. The zero-order valence-corrected chi connectivity index (χ0v) is 14.4. The highest BCUT2D eigenvalue weighted by Gasteiger charge is 2.39. The number of rotatable bonds is 5. The fourth-order valence-corrected chi connectivity index (χ4v) is 4.43. The van der Waals surface area contributed by atoms with E-state index in [1.54, 1.807) is 0 Å². The van der Waals surface area contributed by atoms with Gasteiger partial charge in [-0.05, 0) is 18.8 Å². The Morgan fingerprint density at radius 3 is 2.43 bits per heavy atom. The lowest BCUT2D eigenvalue weighted by atomic mass is 9.80. The van der Waals surface area contributed by atoms with Crippen molar-refractivity contribution in [2.24, 2.45) is 11.7 Å². The molecule has 1 aliphatic carbocycles. The van der Waals surface area contributed by atoms with Crippen LogP contribution in [-0.2, 0) is 4.79 Å². The lowest BCUT2D eigenvalue weighted by molar-refractivity contribution is -0.124. The second-order valence-electron chi connectivity index (χ2n) is 6.87. The summed E-state index contributed by atoms with van der Waals surface area (Å²) in [5.41, 5.74) is 6.15. The summed E-state index contributed by atoms with van der Waals surface area (Å²) in [6.07, 6.45) is 6.35. The maximum atomic E-state index is 12.2. The summed E-state index contributed by atoms with van der Waals surface area (Å²) < 4.78 is 0. The van der Waals surface area contributed by atoms with Crippen molar-refractivity contribution in [2.45, 2.75) is 57.5 Å². The molecule has 1 aliphatic heterocycles. The third-order valence-corrected chi connectivity index (χ3v) is 6.02. The minimum absolute atomic E-state index is 0.0151. The summed E-state index contributed by atoms with van der Waals surface area (Å²) in [6, 6.07) is -0.387. The molecule has 0 spiro atoms. The molecule has 1 saturated heterocycles. The first-order valence-corrected chi connectivity index (χ1v) is 9.57. The molecule has 5 heteroatoms. The van der Waals surface area contributed by atoms with Gasteiger partial charge in [0.25, 0.3) is 0 Å².